The van der Waals surface area contributed by atoms with Crippen molar-refractivity contribution >= 4 is 57.9 Å². The van der Waals surface area contributed by atoms with Gasteiger partial charge in [0, 0.05) is 16.3 Å². The van der Waals surface area contributed by atoms with Gasteiger partial charge in [-0.25, -0.2) is 4.90 Å². The molecule has 0 saturated carbocycles. The number of anilines is 3. The molecule has 1 aliphatic rings. The third kappa shape index (κ3) is 5.80. The summed E-state index contributed by atoms with van der Waals surface area (Å²) in [7, 11) is 1.56. The van der Waals surface area contributed by atoms with Crippen LogP contribution in [-0.4, -0.2) is 24.8 Å². The Morgan fingerprint density at radius 1 is 0.875 bits per heavy atom. The smallest absolute Gasteiger partial charge is 0.283 e. The van der Waals surface area contributed by atoms with E-state index in [2.05, 4.69) is 24.5 Å². The molecule has 9 heteroatoms. The number of thioether (sulfide) groups is 1. The maximum atomic E-state index is 13.7. The monoisotopic (exact) mass is 569 g/mol. The van der Waals surface area contributed by atoms with E-state index in [9.17, 15) is 14.4 Å². The van der Waals surface area contributed by atoms with Gasteiger partial charge in [0.15, 0.2) is 0 Å². The molecule has 3 amide bonds. The molecule has 0 aliphatic carbocycles. The zero-order valence-corrected chi connectivity index (χ0v) is 23.8. The number of rotatable bonds is 9. The molecule has 0 fully saturated rings. The quantitative estimate of drug-likeness (QED) is 0.209. The van der Waals surface area contributed by atoms with Gasteiger partial charge >= 0.3 is 0 Å². The fourth-order valence-electron chi connectivity index (χ4n) is 4.10. The van der Waals surface area contributed by atoms with Crippen LogP contribution in [0.15, 0.2) is 106 Å². The average molecular weight is 570 g/mol. The Bertz CT molecular complexity index is 1560. The van der Waals surface area contributed by atoms with Crippen molar-refractivity contribution in [3.8, 4) is 5.75 Å². The summed E-state index contributed by atoms with van der Waals surface area (Å²) in [6, 6.07) is 25.4. The van der Waals surface area contributed by atoms with E-state index >= 15 is 0 Å². The molecule has 0 atom stereocenters. The van der Waals surface area contributed by atoms with E-state index in [1.54, 1.807) is 49.6 Å². The number of nitrogens with one attached hydrogen (secondary N) is 2. The second-order valence-electron chi connectivity index (χ2n) is 9.31. The first kappa shape index (κ1) is 27.2. The molecular formula is C31H27N3O4S2. The fourth-order valence-corrected chi connectivity index (χ4v) is 5.65. The number of nitrogens with zero attached hydrogens (tertiary/aromatic N) is 1. The highest BCUT2D eigenvalue weighted by atomic mass is 32.2. The number of amides is 3. The van der Waals surface area contributed by atoms with Gasteiger partial charge in [0.05, 0.1) is 17.7 Å². The summed E-state index contributed by atoms with van der Waals surface area (Å²) in [5, 5.41) is 7.92. The van der Waals surface area contributed by atoms with Crippen molar-refractivity contribution in [1.82, 2.24) is 0 Å². The summed E-state index contributed by atoms with van der Waals surface area (Å²) in [5.74, 6) is -0.0419. The lowest BCUT2D eigenvalue weighted by Crippen LogP contribution is -2.32. The first-order valence-corrected chi connectivity index (χ1v) is 14.3. The van der Waals surface area contributed by atoms with E-state index < -0.39 is 11.8 Å². The van der Waals surface area contributed by atoms with E-state index in [4.69, 9.17) is 4.74 Å². The van der Waals surface area contributed by atoms with E-state index in [1.807, 2.05) is 47.8 Å². The maximum absolute atomic E-state index is 13.7. The highest BCUT2D eigenvalue weighted by Gasteiger charge is 2.40. The fraction of sp³-hybridized carbons (Fsp3) is 0.129. The summed E-state index contributed by atoms with van der Waals surface area (Å²) in [5.41, 5.74) is 3.18. The van der Waals surface area contributed by atoms with Crippen LogP contribution in [0.4, 0.5) is 17.1 Å². The lowest BCUT2D eigenvalue weighted by Gasteiger charge is -2.16. The number of carbonyl (C=O) groups is 3. The van der Waals surface area contributed by atoms with Gasteiger partial charge < -0.3 is 15.4 Å². The van der Waals surface area contributed by atoms with E-state index in [0.29, 0.717) is 33.6 Å². The summed E-state index contributed by atoms with van der Waals surface area (Å²) >= 11 is 2.57. The molecule has 4 aromatic rings. The second-order valence-corrected chi connectivity index (χ2v) is 11.3. The Morgan fingerprint density at radius 2 is 1.55 bits per heavy atom. The van der Waals surface area contributed by atoms with Crippen LogP contribution < -0.4 is 20.3 Å². The zero-order chi connectivity index (χ0) is 28.2. The van der Waals surface area contributed by atoms with Crippen LogP contribution in [0.1, 0.15) is 35.0 Å². The molecule has 1 aliphatic heterocycles. The molecule has 5 rings (SSSR count). The minimum Gasteiger partial charge on any atom is -0.497 e. The Labute approximate surface area is 240 Å². The van der Waals surface area contributed by atoms with Crippen LogP contribution >= 0.6 is 23.1 Å². The summed E-state index contributed by atoms with van der Waals surface area (Å²) in [6.07, 6.45) is 0. The van der Waals surface area contributed by atoms with Crippen molar-refractivity contribution in [3.05, 3.63) is 111 Å². The largest absolute Gasteiger partial charge is 0.497 e. The van der Waals surface area contributed by atoms with Gasteiger partial charge in [-0.15, -0.1) is 11.3 Å². The molecule has 202 valence electrons. The second kappa shape index (κ2) is 11.8. The van der Waals surface area contributed by atoms with Gasteiger partial charge in [0.25, 0.3) is 17.7 Å². The van der Waals surface area contributed by atoms with E-state index in [0.717, 1.165) is 4.90 Å². The lowest BCUT2D eigenvalue weighted by atomic mass is 10.0. The SMILES string of the molecule is COc1ccc(N2C(=O)C(Nc3ccc(C(C)C)cc3)=C(Sc3ccc(NC(=O)c4cccs4)cc3)C2=O)cc1. The number of hydrogen-bond acceptors (Lipinski definition) is 7. The number of carbonyl (C=O) groups excluding carboxylic acids is 3. The van der Waals surface area contributed by atoms with Crippen LogP contribution in [0.25, 0.3) is 0 Å². The van der Waals surface area contributed by atoms with Crippen LogP contribution in [0.2, 0.25) is 0 Å². The van der Waals surface area contributed by atoms with Crippen molar-refractivity contribution in [1.29, 1.82) is 0 Å². The normalized spacial score (nSPS) is 13.2. The number of imide groups is 1. The predicted molar refractivity (Wildman–Crippen MR) is 161 cm³/mol. The van der Waals surface area contributed by atoms with Crippen molar-refractivity contribution in [2.24, 2.45) is 0 Å². The van der Waals surface area contributed by atoms with Crippen LogP contribution in [-0.2, 0) is 9.59 Å². The number of hydrogen-bond donors (Lipinski definition) is 2. The molecule has 0 radical (unpaired) electrons. The van der Waals surface area contributed by atoms with Gasteiger partial charge in [0.2, 0.25) is 0 Å². The molecule has 0 spiro atoms. The van der Waals surface area contributed by atoms with Gasteiger partial charge in [-0.2, -0.15) is 0 Å². The van der Waals surface area contributed by atoms with E-state index in [-0.39, 0.29) is 16.5 Å². The number of benzene rings is 3. The van der Waals surface area contributed by atoms with Gasteiger partial charge in [-0.05, 0) is 83.6 Å². The molecule has 2 heterocycles. The standard InChI is InChI=1S/C31H27N3O4S2/c1-19(2)20-6-8-21(9-7-20)32-27-28(31(37)34(30(27)36)23-12-14-24(38-3)15-13-23)40-25-16-10-22(11-17-25)33-29(35)26-5-4-18-39-26/h4-19,32H,1-3H3,(H,33,35). The number of methoxy groups -OCH3 is 1. The molecule has 40 heavy (non-hydrogen) atoms. The van der Waals surface area contributed by atoms with Crippen LogP contribution in [0.3, 0.4) is 0 Å². The van der Waals surface area contributed by atoms with Gasteiger partial charge in [-0.3, -0.25) is 14.4 Å². The molecule has 1 aromatic heterocycles. The molecule has 0 bridgehead atoms. The number of thiophene rings is 1. The molecule has 2 N–H and O–H groups in total. The van der Waals surface area contributed by atoms with Gasteiger partial charge in [-0.1, -0.05) is 43.8 Å². The van der Waals surface area contributed by atoms with Gasteiger partial charge in [0.1, 0.15) is 16.4 Å². The summed E-state index contributed by atoms with van der Waals surface area (Å²) < 4.78 is 5.23. The highest BCUT2D eigenvalue weighted by Crippen LogP contribution is 2.38. The Kier molecular flexibility index (Phi) is 8.04. The highest BCUT2D eigenvalue weighted by molar-refractivity contribution is 8.04. The summed E-state index contributed by atoms with van der Waals surface area (Å²) in [6.45, 7) is 4.23. The van der Waals surface area contributed by atoms with Crippen LogP contribution in [0, 0.1) is 0 Å². The zero-order valence-electron chi connectivity index (χ0n) is 22.1. The predicted octanol–water partition coefficient (Wildman–Crippen LogP) is 7.12. The first-order valence-electron chi connectivity index (χ1n) is 12.6. The third-order valence-corrected chi connectivity index (χ3v) is 8.26. The van der Waals surface area contributed by atoms with Crippen molar-refractivity contribution in [2.45, 2.75) is 24.7 Å². The van der Waals surface area contributed by atoms with Crippen molar-refractivity contribution in [2.75, 3.05) is 22.6 Å². The average Bonchev–Trinajstić information content (AvgIpc) is 3.58. The first-order chi connectivity index (χ1) is 19.3. The summed E-state index contributed by atoms with van der Waals surface area (Å²) in [4.78, 5) is 42.5. The minimum atomic E-state index is -0.439. The maximum Gasteiger partial charge on any atom is 0.283 e. The Morgan fingerprint density at radius 3 is 2.15 bits per heavy atom. The number of ether oxygens (including phenoxy) is 1. The molecule has 7 nitrogen and oxygen atoms in total. The van der Waals surface area contributed by atoms with E-state index in [1.165, 1.54) is 33.6 Å². The minimum absolute atomic E-state index is 0.181. The molecule has 3 aromatic carbocycles. The Balaban J connectivity index is 1.42. The lowest BCUT2D eigenvalue weighted by molar-refractivity contribution is -0.120. The molecular weight excluding hydrogens is 542 g/mol. The van der Waals surface area contributed by atoms with Crippen LogP contribution in [0.5, 0.6) is 5.75 Å². The topological polar surface area (TPSA) is 87.7 Å². The molecule has 0 unspecified atom stereocenters. The Hall–Kier alpha value is -4.34. The van der Waals surface area contributed by atoms with Crippen molar-refractivity contribution in [3.63, 3.8) is 0 Å². The molecule has 0 saturated heterocycles. The third-order valence-electron chi connectivity index (χ3n) is 6.30. The van der Waals surface area contributed by atoms with Crippen molar-refractivity contribution < 1.29 is 19.1 Å².